The number of rotatable bonds is 6. The molecule has 0 unspecified atom stereocenters. The van der Waals surface area contributed by atoms with Crippen molar-refractivity contribution in [1.29, 1.82) is 0 Å². The molecule has 0 fully saturated rings. The lowest BCUT2D eigenvalue weighted by Crippen LogP contribution is -2.30. The normalized spacial score (nSPS) is 10.1. The van der Waals surface area contributed by atoms with Crippen molar-refractivity contribution in [1.82, 2.24) is 5.32 Å². The Kier molecular flexibility index (Phi) is 5.77. The summed E-state index contributed by atoms with van der Waals surface area (Å²) in [6.45, 7) is 2.74. The smallest absolute Gasteiger partial charge is 0.239 e. The third-order valence-electron chi connectivity index (χ3n) is 2.22. The molecule has 3 nitrogen and oxygen atoms in total. The Bertz CT molecular complexity index is 385. The first-order chi connectivity index (χ1) is 8.13. The van der Waals surface area contributed by atoms with Gasteiger partial charge in [-0.1, -0.05) is 24.9 Å². The zero-order valence-corrected chi connectivity index (χ0v) is 10.5. The van der Waals surface area contributed by atoms with E-state index in [4.69, 9.17) is 11.6 Å². The van der Waals surface area contributed by atoms with E-state index in [0.717, 1.165) is 12.8 Å². The van der Waals surface area contributed by atoms with Crippen LogP contribution in [0.4, 0.5) is 10.1 Å². The molecule has 0 aliphatic carbocycles. The molecule has 2 N–H and O–H groups in total. The average molecular weight is 259 g/mol. The fourth-order valence-electron chi connectivity index (χ4n) is 1.28. The molecule has 0 radical (unpaired) electrons. The summed E-state index contributed by atoms with van der Waals surface area (Å²) < 4.78 is 13.3. The van der Waals surface area contributed by atoms with Crippen LogP contribution < -0.4 is 10.6 Å². The van der Waals surface area contributed by atoms with E-state index >= 15 is 0 Å². The van der Waals surface area contributed by atoms with Crippen LogP contribution >= 0.6 is 11.6 Å². The van der Waals surface area contributed by atoms with Crippen LogP contribution in [0, 0.1) is 5.82 Å². The van der Waals surface area contributed by atoms with E-state index in [0.29, 0.717) is 11.6 Å². The van der Waals surface area contributed by atoms with Gasteiger partial charge in [-0.25, -0.2) is 4.39 Å². The maximum absolute atomic E-state index is 13.3. The van der Waals surface area contributed by atoms with Gasteiger partial charge in [0.2, 0.25) is 5.91 Å². The molecule has 17 heavy (non-hydrogen) atoms. The third-order valence-corrected chi connectivity index (χ3v) is 2.46. The van der Waals surface area contributed by atoms with Crippen molar-refractivity contribution in [2.75, 3.05) is 18.4 Å². The van der Waals surface area contributed by atoms with Crippen LogP contribution in [0.25, 0.3) is 0 Å². The molecule has 0 saturated heterocycles. The molecule has 1 rings (SSSR count). The van der Waals surface area contributed by atoms with Crippen LogP contribution in [0.5, 0.6) is 0 Å². The molecule has 0 atom stereocenters. The molecule has 0 aromatic heterocycles. The summed E-state index contributed by atoms with van der Waals surface area (Å²) in [6, 6.07) is 4.18. The summed E-state index contributed by atoms with van der Waals surface area (Å²) in [5.41, 5.74) is 0.239. The van der Waals surface area contributed by atoms with Crippen molar-refractivity contribution >= 4 is 23.2 Å². The van der Waals surface area contributed by atoms with E-state index in [2.05, 4.69) is 10.6 Å². The van der Waals surface area contributed by atoms with Gasteiger partial charge in [0.25, 0.3) is 0 Å². The molecular formula is C12H16ClFN2O. The predicted octanol–water partition coefficient (Wildman–Crippen LogP) is 2.81. The van der Waals surface area contributed by atoms with Crippen LogP contribution in [0.15, 0.2) is 18.2 Å². The quantitative estimate of drug-likeness (QED) is 0.771. The second-order valence-electron chi connectivity index (χ2n) is 3.68. The van der Waals surface area contributed by atoms with E-state index in [9.17, 15) is 9.18 Å². The third kappa shape index (κ3) is 5.04. The van der Waals surface area contributed by atoms with Gasteiger partial charge in [0.05, 0.1) is 12.2 Å². The van der Waals surface area contributed by atoms with Gasteiger partial charge < -0.3 is 10.6 Å². The standard InChI is InChI=1S/C12H16ClFN2O/c1-2-3-6-15-12(17)8-16-11-7-9(13)4-5-10(11)14/h4-5,7,16H,2-3,6,8H2,1H3,(H,15,17). The van der Waals surface area contributed by atoms with E-state index in [1.54, 1.807) is 0 Å². The van der Waals surface area contributed by atoms with Crippen molar-refractivity contribution in [3.8, 4) is 0 Å². The number of carbonyl (C=O) groups excluding carboxylic acids is 1. The topological polar surface area (TPSA) is 41.1 Å². The van der Waals surface area contributed by atoms with Gasteiger partial charge in [0.15, 0.2) is 0 Å². The first-order valence-electron chi connectivity index (χ1n) is 5.59. The lowest BCUT2D eigenvalue weighted by atomic mass is 10.3. The number of carbonyl (C=O) groups is 1. The molecule has 94 valence electrons. The SMILES string of the molecule is CCCCNC(=O)CNc1cc(Cl)ccc1F. The van der Waals surface area contributed by atoms with E-state index in [-0.39, 0.29) is 18.1 Å². The molecule has 5 heteroatoms. The minimum atomic E-state index is -0.421. The largest absolute Gasteiger partial charge is 0.374 e. The van der Waals surface area contributed by atoms with Crippen molar-refractivity contribution in [3.63, 3.8) is 0 Å². The molecule has 0 bridgehead atoms. The zero-order chi connectivity index (χ0) is 12.7. The average Bonchev–Trinajstić information content (AvgIpc) is 2.31. The van der Waals surface area contributed by atoms with Gasteiger partial charge in [-0.05, 0) is 24.6 Å². The maximum Gasteiger partial charge on any atom is 0.239 e. The molecular weight excluding hydrogens is 243 g/mol. The Morgan fingerprint density at radius 2 is 2.24 bits per heavy atom. The lowest BCUT2D eigenvalue weighted by molar-refractivity contribution is -0.119. The number of halogens is 2. The van der Waals surface area contributed by atoms with Crippen LogP contribution in [0.1, 0.15) is 19.8 Å². The van der Waals surface area contributed by atoms with Gasteiger partial charge >= 0.3 is 0 Å². The van der Waals surface area contributed by atoms with E-state index < -0.39 is 5.82 Å². The highest BCUT2D eigenvalue weighted by molar-refractivity contribution is 6.30. The first kappa shape index (κ1) is 13.8. The maximum atomic E-state index is 13.3. The Morgan fingerprint density at radius 3 is 2.94 bits per heavy atom. The molecule has 0 aliphatic rings. The number of unbranched alkanes of at least 4 members (excludes halogenated alkanes) is 1. The van der Waals surface area contributed by atoms with E-state index in [1.165, 1.54) is 18.2 Å². The van der Waals surface area contributed by atoms with Gasteiger partial charge in [0, 0.05) is 11.6 Å². The van der Waals surface area contributed by atoms with Crippen LogP contribution in [-0.4, -0.2) is 19.0 Å². The lowest BCUT2D eigenvalue weighted by Gasteiger charge is -2.08. The number of benzene rings is 1. The van der Waals surface area contributed by atoms with Gasteiger partial charge in [-0.3, -0.25) is 4.79 Å². The second-order valence-corrected chi connectivity index (χ2v) is 4.12. The van der Waals surface area contributed by atoms with Crippen LogP contribution in [-0.2, 0) is 4.79 Å². The number of hydrogen-bond acceptors (Lipinski definition) is 2. The fourth-order valence-corrected chi connectivity index (χ4v) is 1.45. The van der Waals surface area contributed by atoms with E-state index in [1.807, 2.05) is 6.92 Å². The Balaban J connectivity index is 2.39. The predicted molar refractivity (Wildman–Crippen MR) is 67.8 cm³/mol. The minimum absolute atomic E-state index is 0.0426. The fraction of sp³-hybridized carbons (Fsp3) is 0.417. The summed E-state index contributed by atoms with van der Waals surface area (Å²) in [7, 11) is 0. The zero-order valence-electron chi connectivity index (χ0n) is 9.72. The number of amides is 1. The number of hydrogen-bond donors (Lipinski definition) is 2. The van der Waals surface area contributed by atoms with Crippen molar-refractivity contribution < 1.29 is 9.18 Å². The highest BCUT2D eigenvalue weighted by Gasteiger charge is 2.05. The molecule has 0 spiro atoms. The summed E-state index contributed by atoms with van der Waals surface area (Å²) in [6.07, 6.45) is 1.97. The van der Waals surface area contributed by atoms with Crippen molar-refractivity contribution in [2.24, 2.45) is 0 Å². The Hall–Kier alpha value is -1.29. The van der Waals surface area contributed by atoms with Crippen LogP contribution in [0.3, 0.4) is 0 Å². The molecule has 1 amide bonds. The Morgan fingerprint density at radius 1 is 1.47 bits per heavy atom. The summed E-state index contributed by atoms with van der Waals surface area (Å²) in [5.74, 6) is -0.575. The number of nitrogens with one attached hydrogen (secondary N) is 2. The number of anilines is 1. The minimum Gasteiger partial charge on any atom is -0.374 e. The highest BCUT2D eigenvalue weighted by Crippen LogP contribution is 2.18. The summed E-state index contributed by atoms with van der Waals surface area (Å²) >= 11 is 5.73. The first-order valence-corrected chi connectivity index (χ1v) is 5.97. The highest BCUT2D eigenvalue weighted by atomic mass is 35.5. The van der Waals surface area contributed by atoms with Gasteiger partial charge in [-0.2, -0.15) is 0 Å². The monoisotopic (exact) mass is 258 g/mol. The molecule has 0 aliphatic heterocycles. The molecule has 1 aromatic carbocycles. The van der Waals surface area contributed by atoms with Gasteiger partial charge in [-0.15, -0.1) is 0 Å². The van der Waals surface area contributed by atoms with Gasteiger partial charge in [0.1, 0.15) is 5.82 Å². The summed E-state index contributed by atoms with van der Waals surface area (Å²) in [5, 5.41) is 5.87. The molecule has 0 heterocycles. The Labute approximate surface area is 105 Å². The van der Waals surface area contributed by atoms with Crippen molar-refractivity contribution in [3.05, 3.63) is 29.0 Å². The molecule has 1 aromatic rings. The summed E-state index contributed by atoms with van der Waals surface area (Å²) in [4.78, 5) is 11.4. The molecule has 0 saturated carbocycles. The van der Waals surface area contributed by atoms with Crippen molar-refractivity contribution in [2.45, 2.75) is 19.8 Å². The second kappa shape index (κ2) is 7.12. The van der Waals surface area contributed by atoms with Crippen LogP contribution in [0.2, 0.25) is 5.02 Å².